The highest BCUT2D eigenvalue weighted by Gasteiger charge is 2.10. The van der Waals surface area contributed by atoms with Gasteiger partial charge in [-0.25, -0.2) is 17.5 Å². The topological polar surface area (TPSA) is 46.2 Å². The van der Waals surface area contributed by atoms with Crippen molar-refractivity contribution in [1.29, 1.82) is 0 Å². The minimum Gasteiger partial charge on any atom is -0.214 e. The first kappa shape index (κ1) is 17.5. The predicted octanol–water partition coefficient (Wildman–Crippen LogP) is 3.02. The van der Waals surface area contributed by atoms with Gasteiger partial charge < -0.3 is 0 Å². The summed E-state index contributed by atoms with van der Waals surface area (Å²) in [6.07, 6.45) is 0.664. The fourth-order valence-electron chi connectivity index (χ4n) is 1.53. The summed E-state index contributed by atoms with van der Waals surface area (Å²) < 4.78 is 39.2. The monoisotopic (exact) mass is 319 g/mol. The molecule has 1 N–H and O–H groups in total. The van der Waals surface area contributed by atoms with Crippen molar-refractivity contribution in [1.82, 2.24) is 4.72 Å². The van der Waals surface area contributed by atoms with Crippen molar-refractivity contribution >= 4 is 21.8 Å². The second-order valence-corrected chi connectivity index (χ2v) is 8.07. The van der Waals surface area contributed by atoms with Gasteiger partial charge in [0.15, 0.2) is 0 Å². The molecule has 20 heavy (non-hydrogen) atoms. The summed E-state index contributed by atoms with van der Waals surface area (Å²) >= 11 is 1.52. The number of benzene rings is 1. The van der Waals surface area contributed by atoms with E-state index in [9.17, 15) is 12.8 Å². The lowest BCUT2D eigenvalue weighted by Gasteiger charge is -2.08. The first-order valence-corrected chi connectivity index (χ1v) is 9.50. The number of rotatable bonds is 9. The minimum atomic E-state index is -3.17. The smallest absolute Gasteiger partial charge is 0.211 e. The van der Waals surface area contributed by atoms with Crippen LogP contribution in [-0.2, 0) is 15.8 Å². The maximum absolute atomic E-state index is 13.3. The average Bonchev–Trinajstić information content (AvgIpc) is 2.38. The first-order valence-electron chi connectivity index (χ1n) is 6.69. The Hall–Kier alpha value is -0.590. The molecule has 0 aliphatic rings. The number of nitrogens with one attached hydrogen (secondary N) is 1. The molecule has 0 heterocycles. The standard InChI is InChI=1S/C14H22FNO2S2/c1-12(2)7-10-20(17,18)16-8-9-19-11-13-5-3-4-6-14(13)15/h3-6,12,16H,7-11H2,1-2H3. The molecule has 114 valence electrons. The molecule has 0 unspecified atom stereocenters. The second kappa shape index (κ2) is 8.64. The van der Waals surface area contributed by atoms with Crippen molar-refractivity contribution in [2.45, 2.75) is 26.0 Å². The van der Waals surface area contributed by atoms with Crippen molar-refractivity contribution in [2.24, 2.45) is 5.92 Å². The largest absolute Gasteiger partial charge is 0.214 e. The zero-order chi connectivity index (χ0) is 15.0. The molecule has 1 aromatic carbocycles. The molecule has 0 aliphatic heterocycles. The molecule has 0 saturated carbocycles. The van der Waals surface area contributed by atoms with E-state index >= 15 is 0 Å². The van der Waals surface area contributed by atoms with Gasteiger partial charge in [0.05, 0.1) is 5.75 Å². The van der Waals surface area contributed by atoms with E-state index in [2.05, 4.69) is 4.72 Å². The zero-order valence-corrected chi connectivity index (χ0v) is 13.6. The van der Waals surface area contributed by atoms with Gasteiger partial charge in [-0.2, -0.15) is 11.8 Å². The van der Waals surface area contributed by atoms with Gasteiger partial charge in [-0.05, 0) is 24.0 Å². The summed E-state index contributed by atoms with van der Waals surface area (Å²) in [5.74, 6) is 1.53. The van der Waals surface area contributed by atoms with Crippen LogP contribution in [0.3, 0.4) is 0 Å². The molecule has 0 radical (unpaired) electrons. The van der Waals surface area contributed by atoms with Crippen LogP contribution in [0, 0.1) is 11.7 Å². The quantitative estimate of drug-likeness (QED) is 0.712. The van der Waals surface area contributed by atoms with Crippen molar-refractivity contribution in [3.63, 3.8) is 0 Å². The van der Waals surface area contributed by atoms with E-state index in [0.717, 1.165) is 0 Å². The molecular formula is C14H22FNO2S2. The fraction of sp³-hybridized carbons (Fsp3) is 0.571. The molecule has 1 aromatic rings. The summed E-state index contributed by atoms with van der Waals surface area (Å²) in [7, 11) is -3.17. The minimum absolute atomic E-state index is 0.169. The highest BCUT2D eigenvalue weighted by Crippen LogP contribution is 2.14. The van der Waals surface area contributed by atoms with Gasteiger partial charge in [-0.15, -0.1) is 0 Å². The van der Waals surface area contributed by atoms with Crippen LogP contribution >= 0.6 is 11.8 Å². The SMILES string of the molecule is CC(C)CCS(=O)(=O)NCCSCc1ccccc1F. The summed E-state index contributed by atoms with van der Waals surface area (Å²) in [5.41, 5.74) is 0.653. The molecule has 0 spiro atoms. The molecule has 6 heteroatoms. The highest BCUT2D eigenvalue weighted by atomic mass is 32.2. The van der Waals surface area contributed by atoms with Gasteiger partial charge in [0.1, 0.15) is 5.82 Å². The lowest BCUT2D eigenvalue weighted by Crippen LogP contribution is -2.29. The van der Waals surface area contributed by atoms with Crippen molar-refractivity contribution in [3.8, 4) is 0 Å². The first-order chi connectivity index (χ1) is 9.41. The Morgan fingerprint density at radius 3 is 2.65 bits per heavy atom. The van der Waals surface area contributed by atoms with Crippen LogP contribution in [0.5, 0.6) is 0 Å². The molecule has 0 bridgehead atoms. The second-order valence-electron chi connectivity index (χ2n) is 5.04. The Morgan fingerprint density at radius 2 is 2.00 bits per heavy atom. The molecule has 0 aliphatic carbocycles. The van der Waals surface area contributed by atoms with Gasteiger partial charge >= 0.3 is 0 Å². The average molecular weight is 319 g/mol. The van der Waals surface area contributed by atoms with Crippen LogP contribution in [0.25, 0.3) is 0 Å². The highest BCUT2D eigenvalue weighted by molar-refractivity contribution is 7.98. The Labute approximate surface area is 125 Å². The van der Waals surface area contributed by atoms with E-state index in [1.807, 2.05) is 13.8 Å². The summed E-state index contributed by atoms with van der Waals surface area (Å²) in [6.45, 7) is 4.39. The number of hydrogen-bond donors (Lipinski definition) is 1. The van der Waals surface area contributed by atoms with Crippen molar-refractivity contribution in [3.05, 3.63) is 35.6 Å². The number of thioether (sulfide) groups is 1. The van der Waals surface area contributed by atoms with Crippen LogP contribution in [0.15, 0.2) is 24.3 Å². The van der Waals surface area contributed by atoms with Crippen LogP contribution in [0.2, 0.25) is 0 Å². The van der Waals surface area contributed by atoms with E-state index in [4.69, 9.17) is 0 Å². The molecule has 3 nitrogen and oxygen atoms in total. The van der Waals surface area contributed by atoms with E-state index in [1.165, 1.54) is 17.8 Å². The number of hydrogen-bond acceptors (Lipinski definition) is 3. The molecule has 1 rings (SSSR count). The number of halogens is 1. The Bertz CT molecular complexity index is 504. The van der Waals surface area contributed by atoms with E-state index in [0.29, 0.717) is 36.0 Å². The third-order valence-corrected chi connectivity index (χ3v) is 5.17. The van der Waals surface area contributed by atoms with E-state index in [1.54, 1.807) is 18.2 Å². The third-order valence-electron chi connectivity index (χ3n) is 2.75. The molecular weight excluding hydrogens is 297 g/mol. The summed E-state index contributed by atoms with van der Waals surface area (Å²) in [5, 5.41) is 0. The van der Waals surface area contributed by atoms with Gasteiger partial charge in [-0.1, -0.05) is 32.0 Å². The van der Waals surface area contributed by atoms with Crippen LogP contribution < -0.4 is 4.72 Å². The molecule has 0 saturated heterocycles. The van der Waals surface area contributed by atoms with Gasteiger partial charge in [0.25, 0.3) is 0 Å². The van der Waals surface area contributed by atoms with E-state index < -0.39 is 10.0 Å². The Kier molecular flexibility index (Phi) is 7.55. The van der Waals surface area contributed by atoms with Gasteiger partial charge in [0, 0.05) is 18.1 Å². The van der Waals surface area contributed by atoms with Crippen molar-refractivity contribution in [2.75, 3.05) is 18.1 Å². The summed E-state index contributed by atoms with van der Waals surface area (Å²) in [4.78, 5) is 0. The van der Waals surface area contributed by atoms with E-state index in [-0.39, 0.29) is 11.6 Å². The predicted molar refractivity (Wildman–Crippen MR) is 83.8 cm³/mol. The number of sulfonamides is 1. The summed E-state index contributed by atoms with van der Waals surface area (Å²) in [6, 6.07) is 6.64. The Morgan fingerprint density at radius 1 is 1.30 bits per heavy atom. The van der Waals surface area contributed by atoms with Crippen LogP contribution in [0.1, 0.15) is 25.8 Å². The van der Waals surface area contributed by atoms with Crippen LogP contribution in [0.4, 0.5) is 4.39 Å². The normalized spacial score (nSPS) is 12.0. The van der Waals surface area contributed by atoms with Gasteiger partial charge in [0.2, 0.25) is 10.0 Å². The fourth-order valence-corrected chi connectivity index (χ4v) is 3.84. The maximum Gasteiger partial charge on any atom is 0.211 e. The lowest BCUT2D eigenvalue weighted by molar-refractivity contribution is 0.564. The Balaban J connectivity index is 2.20. The molecule has 0 aromatic heterocycles. The third kappa shape index (κ3) is 7.26. The molecule has 0 amide bonds. The maximum atomic E-state index is 13.3. The van der Waals surface area contributed by atoms with Crippen LogP contribution in [-0.4, -0.2) is 26.5 Å². The molecule has 0 fully saturated rings. The zero-order valence-electron chi connectivity index (χ0n) is 11.9. The molecule has 0 atom stereocenters. The van der Waals surface area contributed by atoms with Gasteiger partial charge in [-0.3, -0.25) is 0 Å². The van der Waals surface area contributed by atoms with Crippen molar-refractivity contribution < 1.29 is 12.8 Å². The lowest BCUT2D eigenvalue weighted by atomic mass is 10.2.